The van der Waals surface area contributed by atoms with E-state index in [2.05, 4.69) is 25.6 Å². The van der Waals surface area contributed by atoms with Gasteiger partial charge in [-0.3, -0.25) is 0 Å². The number of hydrogen-bond acceptors (Lipinski definition) is 7. The second kappa shape index (κ2) is 7.95. The fourth-order valence-corrected chi connectivity index (χ4v) is 2.54. The van der Waals surface area contributed by atoms with Gasteiger partial charge < -0.3 is 15.5 Å². The number of aromatic nitrogens is 5. The summed E-state index contributed by atoms with van der Waals surface area (Å²) in [7, 11) is 0. The highest BCUT2D eigenvalue weighted by Crippen LogP contribution is 2.24. The van der Waals surface area contributed by atoms with Crippen molar-refractivity contribution in [1.29, 1.82) is 0 Å². The van der Waals surface area contributed by atoms with E-state index in [4.69, 9.17) is 5.11 Å². The van der Waals surface area contributed by atoms with Crippen molar-refractivity contribution in [3.63, 3.8) is 0 Å². The van der Waals surface area contributed by atoms with E-state index in [1.165, 1.54) is 29.9 Å². The molecular weight excluding hydrogens is 370 g/mol. The monoisotopic (exact) mass is 390 g/mol. The molecule has 148 valence electrons. The standard InChI is InChI=1S/C18H20F2N6O2/c1-11-5-13(14-8-26(25-24-14)9-18(2,28)10-27)22-16(6-11)23-15-7-12(17(19)20)3-4-21-15/h3-8,17,27-28H,9-10H2,1-2H3,(H,21,22,23). The lowest BCUT2D eigenvalue weighted by Gasteiger charge is -2.19. The molecule has 0 fully saturated rings. The van der Waals surface area contributed by atoms with E-state index >= 15 is 0 Å². The molecule has 0 amide bonds. The highest BCUT2D eigenvalue weighted by atomic mass is 19.3. The minimum Gasteiger partial charge on any atom is -0.393 e. The van der Waals surface area contributed by atoms with Crippen LogP contribution in [0.15, 0.2) is 36.7 Å². The number of halogens is 2. The zero-order valence-corrected chi connectivity index (χ0v) is 15.3. The third kappa shape index (κ3) is 4.84. The summed E-state index contributed by atoms with van der Waals surface area (Å²) in [5.41, 5.74) is 0.398. The average Bonchev–Trinajstić information content (AvgIpc) is 3.09. The number of nitrogens with one attached hydrogen (secondary N) is 1. The van der Waals surface area contributed by atoms with Crippen LogP contribution in [0.1, 0.15) is 24.5 Å². The Balaban J connectivity index is 1.84. The van der Waals surface area contributed by atoms with Crippen molar-refractivity contribution in [3.05, 3.63) is 47.8 Å². The minimum absolute atomic E-state index is 0.0672. The molecule has 0 aliphatic rings. The first kappa shape index (κ1) is 19.8. The van der Waals surface area contributed by atoms with Gasteiger partial charge in [-0.05, 0) is 43.7 Å². The van der Waals surface area contributed by atoms with E-state index in [9.17, 15) is 13.9 Å². The van der Waals surface area contributed by atoms with Gasteiger partial charge in [0.2, 0.25) is 0 Å². The number of anilines is 2. The largest absolute Gasteiger partial charge is 0.393 e. The van der Waals surface area contributed by atoms with Crippen LogP contribution in [0, 0.1) is 6.92 Å². The van der Waals surface area contributed by atoms with Crippen molar-refractivity contribution >= 4 is 11.6 Å². The highest BCUT2D eigenvalue weighted by Gasteiger charge is 2.21. The lowest BCUT2D eigenvalue weighted by atomic mass is 10.1. The Bertz CT molecular complexity index is 961. The number of hydrogen-bond donors (Lipinski definition) is 3. The Hall–Kier alpha value is -2.98. The van der Waals surface area contributed by atoms with Crippen LogP contribution in [0.3, 0.4) is 0 Å². The van der Waals surface area contributed by atoms with Crippen LogP contribution in [-0.2, 0) is 6.54 Å². The van der Waals surface area contributed by atoms with Crippen molar-refractivity contribution in [3.8, 4) is 11.4 Å². The van der Waals surface area contributed by atoms with Crippen molar-refractivity contribution in [2.24, 2.45) is 0 Å². The van der Waals surface area contributed by atoms with Gasteiger partial charge in [-0.15, -0.1) is 5.10 Å². The maximum absolute atomic E-state index is 12.9. The Morgan fingerprint density at radius 3 is 2.71 bits per heavy atom. The molecule has 0 saturated carbocycles. The van der Waals surface area contributed by atoms with Crippen molar-refractivity contribution in [1.82, 2.24) is 25.0 Å². The second-order valence-corrected chi connectivity index (χ2v) is 6.77. The summed E-state index contributed by atoms with van der Waals surface area (Å²) < 4.78 is 27.1. The van der Waals surface area contributed by atoms with Crippen molar-refractivity contribution < 1.29 is 19.0 Å². The quantitative estimate of drug-likeness (QED) is 0.569. The van der Waals surface area contributed by atoms with Crippen LogP contribution in [0.2, 0.25) is 0 Å². The van der Waals surface area contributed by atoms with Gasteiger partial charge in [-0.2, -0.15) is 0 Å². The molecule has 0 saturated heterocycles. The maximum atomic E-state index is 12.9. The zero-order valence-electron chi connectivity index (χ0n) is 15.3. The van der Waals surface area contributed by atoms with Gasteiger partial charge in [0.05, 0.1) is 25.0 Å². The Labute approximate surface area is 159 Å². The van der Waals surface area contributed by atoms with Crippen LogP contribution in [0.5, 0.6) is 0 Å². The molecule has 3 aromatic rings. The summed E-state index contributed by atoms with van der Waals surface area (Å²) >= 11 is 0. The fourth-order valence-electron chi connectivity index (χ4n) is 2.54. The Morgan fingerprint density at radius 2 is 2.00 bits per heavy atom. The van der Waals surface area contributed by atoms with Crippen molar-refractivity contribution in [2.75, 3.05) is 11.9 Å². The molecule has 1 atom stereocenters. The minimum atomic E-state index is -2.59. The number of pyridine rings is 2. The topological polar surface area (TPSA) is 109 Å². The van der Waals surface area contributed by atoms with Crippen LogP contribution >= 0.6 is 0 Å². The fraction of sp³-hybridized carbons (Fsp3) is 0.333. The van der Waals surface area contributed by atoms with Gasteiger partial charge in [-0.25, -0.2) is 23.4 Å². The van der Waals surface area contributed by atoms with E-state index in [0.717, 1.165) is 5.56 Å². The van der Waals surface area contributed by atoms with E-state index < -0.39 is 18.6 Å². The van der Waals surface area contributed by atoms with Gasteiger partial charge >= 0.3 is 0 Å². The number of alkyl halides is 2. The summed E-state index contributed by atoms with van der Waals surface area (Å²) in [6.07, 6.45) is 0.320. The summed E-state index contributed by atoms with van der Waals surface area (Å²) in [4.78, 5) is 8.47. The number of rotatable bonds is 7. The molecule has 3 aromatic heterocycles. The summed E-state index contributed by atoms with van der Waals surface area (Å²) in [6.45, 7) is 3.00. The van der Waals surface area contributed by atoms with Crippen LogP contribution < -0.4 is 5.32 Å². The first-order valence-electron chi connectivity index (χ1n) is 8.49. The van der Waals surface area contributed by atoms with Gasteiger partial charge in [-0.1, -0.05) is 5.21 Å². The molecule has 0 bridgehead atoms. The van der Waals surface area contributed by atoms with Crippen LogP contribution in [-0.4, -0.2) is 47.4 Å². The smallest absolute Gasteiger partial charge is 0.264 e. The highest BCUT2D eigenvalue weighted by molar-refractivity contribution is 5.61. The summed E-state index contributed by atoms with van der Waals surface area (Å²) in [5, 5.41) is 30.0. The first-order chi connectivity index (χ1) is 13.3. The zero-order chi connectivity index (χ0) is 20.3. The number of aryl methyl sites for hydroxylation is 1. The molecule has 1 unspecified atom stereocenters. The van der Waals surface area contributed by atoms with Crippen molar-refractivity contribution in [2.45, 2.75) is 32.4 Å². The molecule has 10 heteroatoms. The third-order valence-corrected chi connectivity index (χ3v) is 3.91. The van der Waals surface area contributed by atoms with E-state index in [1.54, 1.807) is 18.3 Å². The van der Waals surface area contributed by atoms with Gasteiger partial charge in [0, 0.05) is 11.8 Å². The van der Waals surface area contributed by atoms with Crippen LogP contribution in [0.25, 0.3) is 11.4 Å². The molecule has 0 spiro atoms. The Morgan fingerprint density at radius 1 is 1.21 bits per heavy atom. The van der Waals surface area contributed by atoms with Gasteiger partial charge in [0.25, 0.3) is 6.43 Å². The van der Waals surface area contributed by atoms with E-state index in [1.807, 2.05) is 6.92 Å². The predicted molar refractivity (Wildman–Crippen MR) is 98.2 cm³/mol. The molecule has 0 aliphatic carbocycles. The SMILES string of the molecule is Cc1cc(Nc2cc(C(F)F)ccn2)nc(-c2cn(CC(C)(O)CO)nn2)c1. The molecule has 3 N–H and O–H groups in total. The first-order valence-corrected chi connectivity index (χ1v) is 8.49. The number of aliphatic hydroxyl groups is 2. The van der Waals surface area contributed by atoms with Gasteiger partial charge in [0.1, 0.15) is 22.9 Å². The van der Waals surface area contributed by atoms with E-state index in [0.29, 0.717) is 17.2 Å². The molecule has 0 radical (unpaired) electrons. The van der Waals surface area contributed by atoms with E-state index in [-0.39, 0.29) is 17.9 Å². The molecule has 3 heterocycles. The molecule has 8 nitrogen and oxygen atoms in total. The normalized spacial score (nSPS) is 13.5. The second-order valence-electron chi connectivity index (χ2n) is 6.77. The predicted octanol–water partition coefficient (Wildman–Crippen LogP) is 2.47. The van der Waals surface area contributed by atoms with Crippen LogP contribution in [0.4, 0.5) is 20.4 Å². The average molecular weight is 390 g/mol. The Kier molecular flexibility index (Phi) is 5.61. The molecular formula is C18H20F2N6O2. The van der Waals surface area contributed by atoms with Gasteiger partial charge in [0.15, 0.2) is 0 Å². The molecule has 0 aromatic carbocycles. The maximum Gasteiger partial charge on any atom is 0.264 e. The number of aliphatic hydroxyl groups excluding tert-OH is 1. The third-order valence-electron chi connectivity index (χ3n) is 3.91. The lowest BCUT2D eigenvalue weighted by molar-refractivity contribution is -0.0149. The molecule has 28 heavy (non-hydrogen) atoms. The number of nitrogens with zero attached hydrogens (tertiary/aromatic N) is 5. The molecule has 0 aliphatic heterocycles. The summed E-state index contributed by atoms with van der Waals surface area (Å²) in [5.74, 6) is 0.676. The molecule has 3 rings (SSSR count). The summed E-state index contributed by atoms with van der Waals surface area (Å²) in [6, 6.07) is 6.07. The lowest BCUT2D eigenvalue weighted by Crippen LogP contribution is -2.34.